The van der Waals surface area contributed by atoms with Crippen LogP contribution < -0.4 is 11.3 Å². The zero-order valence-electron chi connectivity index (χ0n) is 19.0. The highest BCUT2D eigenvalue weighted by molar-refractivity contribution is 7.99. The first-order chi connectivity index (χ1) is 16.5. The van der Waals surface area contributed by atoms with Gasteiger partial charge < -0.3 is 5.11 Å². The van der Waals surface area contributed by atoms with E-state index in [9.17, 15) is 9.90 Å². The molecule has 1 saturated carbocycles. The van der Waals surface area contributed by atoms with E-state index >= 15 is 0 Å². The Labute approximate surface area is 202 Å². The van der Waals surface area contributed by atoms with Crippen molar-refractivity contribution < 1.29 is 9.90 Å². The number of nitrogens with zero attached hydrogens (tertiary/aromatic N) is 3. The molecule has 3 aromatic carbocycles. The smallest absolute Gasteiger partial charge is 0.265 e. The van der Waals surface area contributed by atoms with Crippen LogP contribution in [0.1, 0.15) is 54.9 Å². The summed E-state index contributed by atoms with van der Waals surface area (Å²) >= 11 is 1.65. The van der Waals surface area contributed by atoms with Gasteiger partial charge in [0.25, 0.3) is 5.91 Å². The van der Waals surface area contributed by atoms with Crippen LogP contribution >= 0.6 is 11.8 Å². The average Bonchev–Trinajstić information content (AvgIpc) is 3.28. The maximum Gasteiger partial charge on any atom is 0.265 e. The van der Waals surface area contributed by atoms with Crippen LogP contribution in [-0.2, 0) is 5.41 Å². The number of hydrogen-bond donors (Lipinski definition) is 3. The van der Waals surface area contributed by atoms with Gasteiger partial charge in [-0.2, -0.15) is 0 Å². The summed E-state index contributed by atoms with van der Waals surface area (Å²) in [5, 5.41) is 20.6. The van der Waals surface area contributed by atoms with E-state index in [4.69, 9.17) is 5.84 Å². The number of hydrogen-bond acceptors (Lipinski definition) is 6. The quantitative estimate of drug-likeness (QED) is 0.211. The summed E-state index contributed by atoms with van der Waals surface area (Å²) in [6, 6.07) is 19.4. The minimum absolute atomic E-state index is 0.108. The highest BCUT2D eigenvalue weighted by atomic mass is 32.2. The number of fused-ring (bicyclic) bond motifs is 1. The second-order valence-corrected chi connectivity index (χ2v) is 10.2. The molecule has 1 amide bonds. The SMILES string of the molecule is CC1(c2cc(C(=O)NN)cc(-n3nc4ccc(Sc5ccccc5)cc4n3)c2O)CCCCC1. The number of nitrogen functional groups attached to an aromatic ring is 1. The van der Waals surface area contributed by atoms with Gasteiger partial charge in [0.1, 0.15) is 22.5 Å². The zero-order valence-corrected chi connectivity index (χ0v) is 19.8. The minimum Gasteiger partial charge on any atom is -0.505 e. The number of carbonyl (C=O) groups excluding carboxylic acids is 1. The molecule has 4 N–H and O–H groups in total. The monoisotopic (exact) mass is 473 g/mol. The summed E-state index contributed by atoms with van der Waals surface area (Å²) in [5.41, 5.74) is 4.88. The predicted molar refractivity (Wildman–Crippen MR) is 133 cm³/mol. The van der Waals surface area contributed by atoms with E-state index in [2.05, 4.69) is 34.7 Å². The van der Waals surface area contributed by atoms with Crippen LogP contribution in [0.4, 0.5) is 0 Å². The van der Waals surface area contributed by atoms with Gasteiger partial charge in [0.05, 0.1) is 0 Å². The van der Waals surface area contributed by atoms with Crippen LogP contribution in [0.25, 0.3) is 16.7 Å². The van der Waals surface area contributed by atoms with Crippen LogP contribution in [0, 0.1) is 0 Å². The van der Waals surface area contributed by atoms with Gasteiger partial charge in [-0.1, -0.05) is 56.1 Å². The number of rotatable bonds is 5. The molecule has 174 valence electrons. The Morgan fingerprint density at radius 2 is 1.74 bits per heavy atom. The van der Waals surface area contributed by atoms with Gasteiger partial charge >= 0.3 is 0 Å². The molecule has 1 fully saturated rings. The summed E-state index contributed by atoms with van der Waals surface area (Å²) < 4.78 is 0. The molecule has 7 nitrogen and oxygen atoms in total. The molecule has 0 aliphatic heterocycles. The van der Waals surface area contributed by atoms with Gasteiger partial charge in [-0.05, 0) is 60.7 Å². The lowest BCUT2D eigenvalue weighted by molar-refractivity contribution is 0.0953. The fraction of sp³-hybridized carbons (Fsp3) is 0.269. The van der Waals surface area contributed by atoms with Crippen molar-refractivity contribution in [1.82, 2.24) is 20.4 Å². The largest absolute Gasteiger partial charge is 0.505 e. The van der Waals surface area contributed by atoms with E-state index in [-0.39, 0.29) is 11.2 Å². The number of nitrogens with two attached hydrogens (primary N) is 1. The predicted octanol–water partition coefficient (Wildman–Crippen LogP) is 5.10. The zero-order chi connectivity index (χ0) is 23.7. The third kappa shape index (κ3) is 4.26. The fourth-order valence-electron chi connectivity index (χ4n) is 4.74. The van der Waals surface area contributed by atoms with Crippen molar-refractivity contribution in [2.24, 2.45) is 5.84 Å². The van der Waals surface area contributed by atoms with E-state index < -0.39 is 5.91 Å². The normalized spacial score (nSPS) is 15.4. The molecule has 34 heavy (non-hydrogen) atoms. The number of benzene rings is 3. The molecule has 5 rings (SSSR count). The Hall–Kier alpha value is -3.36. The van der Waals surface area contributed by atoms with Crippen molar-refractivity contribution in [3.05, 3.63) is 71.8 Å². The third-order valence-electron chi connectivity index (χ3n) is 6.64. The summed E-state index contributed by atoms with van der Waals surface area (Å²) in [5.74, 6) is 5.12. The highest BCUT2D eigenvalue weighted by Crippen LogP contribution is 2.45. The van der Waals surface area contributed by atoms with Crippen molar-refractivity contribution in [1.29, 1.82) is 0 Å². The molecule has 1 aliphatic rings. The first-order valence-corrected chi connectivity index (χ1v) is 12.3. The minimum atomic E-state index is -0.417. The number of carbonyl (C=O) groups is 1. The van der Waals surface area contributed by atoms with E-state index in [1.807, 2.05) is 36.4 Å². The third-order valence-corrected chi connectivity index (χ3v) is 7.63. The van der Waals surface area contributed by atoms with Crippen molar-refractivity contribution >= 4 is 28.7 Å². The van der Waals surface area contributed by atoms with Gasteiger partial charge in [0, 0.05) is 20.9 Å². The summed E-state index contributed by atoms with van der Waals surface area (Å²) in [7, 11) is 0. The second-order valence-electron chi connectivity index (χ2n) is 9.04. The second kappa shape index (κ2) is 9.12. The Kier molecular flexibility index (Phi) is 6.02. The van der Waals surface area contributed by atoms with Gasteiger partial charge in [0.2, 0.25) is 0 Å². The van der Waals surface area contributed by atoms with E-state index in [1.54, 1.807) is 23.9 Å². The van der Waals surface area contributed by atoms with Crippen LogP contribution in [-0.4, -0.2) is 26.0 Å². The molecule has 0 saturated heterocycles. The van der Waals surface area contributed by atoms with E-state index in [0.29, 0.717) is 22.3 Å². The van der Waals surface area contributed by atoms with Crippen molar-refractivity contribution in [2.75, 3.05) is 0 Å². The summed E-state index contributed by atoms with van der Waals surface area (Å²) in [4.78, 5) is 16.1. The number of amides is 1. The van der Waals surface area contributed by atoms with Crippen LogP contribution in [0.2, 0.25) is 0 Å². The lowest BCUT2D eigenvalue weighted by atomic mass is 9.70. The number of aromatic nitrogens is 3. The average molecular weight is 474 g/mol. The molecular formula is C26H27N5O2S. The number of aromatic hydroxyl groups is 1. The first kappa shape index (κ1) is 22.4. The summed E-state index contributed by atoms with van der Waals surface area (Å²) in [6.45, 7) is 2.15. The molecule has 8 heteroatoms. The van der Waals surface area contributed by atoms with Crippen LogP contribution in [0.5, 0.6) is 5.75 Å². The van der Waals surface area contributed by atoms with Crippen molar-refractivity contribution in [2.45, 2.75) is 54.2 Å². The van der Waals surface area contributed by atoms with Gasteiger partial charge in [-0.3, -0.25) is 10.2 Å². The summed E-state index contributed by atoms with van der Waals surface area (Å²) in [6.07, 6.45) is 5.25. The molecule has 0 radical (unpaired) electrons. The highest BCUT2D eigenvalue weighted by Gasteiger charge is 2.33. The maximum absolute atomic E-state index is 12.5. The topological polar surface area (TPSA) is 106 Å². The molecule has 0 unspecified atom stereocenters. The standard InChI is InChI=1S/C26H27N5O2S/c1-26(12-6-3-7-13-26)20-14-17(25(33)28-27)15-23(24(20)32)31-29-21-11-10-19(16-22(21)30-31)34-18-8-4-2-5-9-18/h2,4-5,8-11,14-16,32H,3,6-7,12-13,27H2,1H3,(H,28,33). The lowest BCUT2D eigenvalue weighted by Crippen LogP contribution is -2.31. The number of nitrogens with one attached hydrogen (secondary N) is 1. The first-order valence-electron chi connectivity index (χ1n) is 11.5. The molecule has 1 aliphatic carbocycles. The number of phenolic OH excluding ortho intramolecular Hbond substituents is 1. The van der Waals surface area contributed by atoms with E-state index in [0.717, 1.165) is 41.0 Å². The number of phenols is 1. The molecule has 1 aromatic heterocycles. The van der Waals surface area contributed by atoms with Crippen molar-refractivity contribution in [3.8, 4) is 11.4 Å². The van der Waals surface area contributed by atoms with Crippen LogP contribution in [0.3, 0.4) is 0 Å². The molecule has 4 aromatic rings. The molecule has 0 bridgehead atoms. The van der Waals surface area contributed by atoms with E-state index in [1.165, 1.54) is 11.2 Å². The lowest BCUT2D eigenvalue weighted by Gasteiger charge is -2.35. The Balaban J connectivity index is 1.58. The fourth-order valence-corrected chi connectivity index (χ4v) is 5.61. The van der Waals surface area contributed by atoms with Crippen LogP contribution in [0.15, 0.2) is 70.5 Å². The van der Waals surface area contributed by atoms with Crippen molar-refractivity contribution in [3.63, 3.8) is 0 Å². The molecular weight excluding hydrogens is 446 g/mol. The van der Waals surface area contributed by atoms with Gasteiger partial charge in [0.15, 0.2) is 0 Å². The Morgan fingerprint density at radius 3 is 2.47 bits per heavy atom. The molecule has 0 spiro atoms. The number of hydrazine groups is 1. The Morgan fingerprint density at radius 1 is 1.00 bits per heavy atom. The van der Waals surface area contributed by atoms with Gasteiger partial charge in [-0.25, -0.2) is 5.84 Å². The van der Waals surface area contributed by atoms with Gasteiger partial charge in [-0.15, -0.1) is 15.0 Å². The maximum atomic E-state index is 12.5. The Bertz CT molecular complexity index is 1350. The molecule has 1 heterocycles. The molecule has 0 atom stereocenters.